The molecule has 0 amide bonds. The summed E-state index contributed by atoms with van der Waals surface area (Å²) in [5.74, 6) is 0.248. The summed E-state index contributed by atoms with van der Waals surface area (Å²) >= 11 is 0. The molecule has 29 heavy (non-hydrogen) atoms. The molecule has 160 valence electrons. The molecule has 1 unspecified atom stereocenters. The lowest BCUT2D eigenvalue weighted by atomic mass is 10.1. The zero-order valence-corrected chi connectivity index (χ0v) is 17.7. The molecule has 4 nitrogen and oxygen atoms in total. The Morgan fingerprint density at radius 3 is 2.14 bits per heavy atom. The third-order valence-electron chi connectivity index (χ3n) is 5.06. The van der Waals surface area contributed by atoms with Crippen molar-refractivity contribution < 1.29 is 19.7 Å². The number of aryl methyl sites for hydroxylation is 2. The summed E-state index contributed by atoms with van der Waals surface area (Å²) in [6.45, 7) is 4.46. The molecule has 4 heteroatoms. The second-order valence-corrected chi connectivity index (χ2v) is 7.61. The average molecular weight is 401 g/mol. The second-order valence-electron chi connectivity index (χ2n) is 7.61. The van der Waals surface area contributed by atoms with Gasteiger partial charge in [0.2, 0.25) is 0 Å². The van der Waals surface area contributed by atoms with Crippen LogP contribution in [0.15, 0.2) is 48.5 Å². The van der Waals surface area contributed by atoms with E-state index in [-0.39, 0.29) is 12.4 Å². The van der Waals surface area contributed by atoms with E-state index in [0.29, 0.717) is 6.61 Å². The fraction of sp³-hybridized carbons (Fsp3) is 0.520. The Balaban J connectivity index is 1.36. The maximum atomic E-state index is 10.1. The highest BCUT2D eigenvalue weighted by atomic mass is 16.5. The largest absolute Gasteiger partial charge is 0.508 e. The van der Waals surface area contributed by atoms with E-state index in [1.807, 2.05) is 6.92 Å². The monoisotopic (exact) mass is 400 g/mol. The van der Waals surface area contributed by atoms with Gasteiger partial charge in [0.15, 0.2) is 0 Å². The Morgan fingerprint density at radius 1 is 0.793 bits per heavy atom. The molecule has 0 saturated carbocycles. The number of aromatic hydroxyl groups is 1. The highest BCUT2D eigenvalue weighted by Crippen LogP contribution is 2.21. The highest BCUT2D eigenvalue weighted by Gasteiger charge is 2.09. The molecule has 0 aliphatic heterocycles. The van der Waals surface area contributed by atoms with E-state index >= 15 is 0 Å². The molecule has 0 aliphatic rings. The van der Waals surface area contributed by atoms with Gasteiger partial charge in [-0.1, -0.05) is 49.2 Å². The number of benzene rings is 2. The number of rotatable bonds is 15. The first-order chi connectivity index (χ1) is 14.2. The normalized spacial score (nSPS) is 12.2. The summed E-state index contributed by atoms with van der Waals surface area (Å²) in [5, 5.41) is 19.7. The standard InChI is InChI=1S/C25H36O4/c1-21-19-23(14-15-24(21)26)25(27)20-29-18-9-3-2-8-16-28-17-10-7-13-22-11-5-4-6-12-22/h4-6,11-12,14-15,19,25-27H,2-3,7-10,13,16-18,20H2,1H3. The lowest BCUT2D eigenvalue weighted by Gasteiger charge is -2.13. The topological polar surface area (TPSA) is 58.9 Å². The van der Waals surface area contributed by atoms with E-state index in [9.17, 15) is 10.2 Å². The molecule has 1 atom stereocenters. The van der Waals surface area contributed by atoms with Crippen LogP contribution in [0.5, 0.6) is 5.75 Å². The SMILES string of the molecule is Cc1cc(C(O)COCCCCCCOCCCCc2ccccc2)ccc1O. The molecule has 0 fully saturated rings. The van der Waals surface area contributed by atoms with E-state index in [4.69, 9.17) is 9.47 Å². The minimum atomic E-state index is -0.649. The number of hydrogen-bond donors (Lipinski definition) is 2. The predicted octanol–water partition coefficient (Wildman–Crippen LogP) is 5.35. The van der Waals surface area contributed by atoms with Gasteiger partial charge in [0.05, 0.1) is 6.61 Å². The first-order valence-corrected chi connectivity index (χ1v) is 10.8. The van der Waals surface area contributed by atoms with E-state index in [1.165, 1.54) is 12.0 Å². The fourth-order valence-electron chi connectivity index (χ4n) is 3.22. The smallest absolute Gasteiger partial charge is 0.118 e. The summed E-state index contributed by atoms with van der Waals surface area (Å²) in [7, 11) is 0. The third-order valence-corrected chi connectivity index (χ3v) is 5.06. The van der Waals surface area contributed by atoms with Crippen molar-refractivity contribution in [3.63, 3.8) is 0 Å². The first kappa shape index (κ1) is 23.4. The van der Waals surface area contributed by atoms with Crippen LogP contribution in [0.3, 0.4) is 0 Å². The van der Waals surface area contributed by atoms with Crippen LogP contribution in [0.25, 0.3) is 0 Å². The number of hydrogen-bond acceptors (Lipinski definition) is 4. The van der Waals surface area contributed by atoms with Gasteiger partial charge < -0.3 is 19.7 Å². The molecule has 2 aromatic rings. The Hall–Kier alpha value is -1.88. The summed E-state index contributed by atoms with van der Waals surface area (Å²) in [6.07, 6.45) is 7.13. The Morgan fingerprint density at radius 2 is 1.45 bits per heavy atom. The van der Waals surface area contributed by atoms with Gasteiger partial charge in [0, 0.05) is 19.8 Å². The van der Waals surface area contributed by atoms with Crippen LogP contribution in [0, 0.1) is 6.92 Å². The molecular weight excluding hydrogens is 364 g/mol. The summed E-state index contributed by atoms with van der Waals surface area (Å²) in [4.78, 5) is 0. The minimum absolute atomic E-state index is 0.248. The summed E-state index contributed by atoms with van der Waals surface area (Å²) in [6, 6.07) is 15.7. The van der Waals surface area contributed by atoms with Gasteiger partial charge in [0.1, 0.15) is 11.9 Å². The van der Waals surface area contributed by atoms with Crippen LogP contribution in [-0.4, -0.2) is 36.6 Å². The highest BCUT2D eigenvalue weighted by molar-refractivity contribution is 5.35. The minimum Gasteiger partial charge on any atom is -0.508 e. The van der Waals surface area contributed by atoms with Gasteiger partial charge >= 0.3 is 0 Å². The van der Waals surface area contributed by atoms with Crippen LogP contribution in [0.1, 0.15) is 61.3 Å². The van der Waals surface area contributed by atoms with Crippen molar-refractivity contribution in [1.29, 1.82) is 0 Å². The van der Waals surface area contributed by atoms with Gasteiger partial charge in [-0.2, -0.15) is 0 Å². The van der Waals surface area contributed by atoms with Crippen molar-refractivity contribution >= 4 is 0 Å². The van der Waals surface area contributed by atoms with E-state index in [0.717, 1.165) is 62.9 Å². The first-order valence-electron chi connectivity index (χ1n) is 10.8. The number of aliphatic hydroxyl groups is 1. The molecule has 0 saturated heterocycles. The quantitative estimate of drug-likeness (QED) is 0.396. The Kier molecular flexibility index (Phi) is 11.4. The van der Waals surface area contributed by atoms with Crippen molar-refractivity contribution in [2.24, 2.45) is 0 Å². The van der Waals surface area contributed by atoms with E-state index in [2.05, 4.69) is 30.3 Å². The number of phenols is 1. The van der Waals surface area contributed by atoms with Crippen LogP contribution in [0.2, 0.25) is 0 Å². The lowest BCUT2D eigenvalue weighted by Crippen LogP contribution is -2.08. The molecule has 0 aromatic heterocycles. The van der Waals surface area contributed by atoms with Crippen LogP contribution < -0.4 is 0 Å². The zero-order chi connectivity index (χ0) is 20.7. The molecule has 2 aromatic carbocycles. The Labute approximate surface area is 175 Å². The maximum Gasteiger partial charge on any atom is 0.118 e. The summed E-state index contributed by atoms with van der Waals surface area (Å²) < 4.78 is 11.3. The van der Waals surface area contributed by atoms with Gasteiger partial charge in [-0.15, -0.1) is 0 Å². The second kappa shape index (κ2) is 14.2. The number of phenolic OH excluding ortho intramolecular Hbond substituents is 1. The molecule has 0 radical (unpaired) electrons. The third kappa shape index (κ3) is 9.93. The van der Waals surface area contributed by atoms with Gasteiger partial charge in [0.25, 0.3) is 0 Å². The lowest BCUT2D eigenvalue weighted by molar-refractivity contribution is 0.0342. The van der Waals surface area contributed by atoms with Crippen molar-refractivity contribution in [2.75, 3.05) is 26.4 Å². The van der Waals surface area contributed by atoms with Crippen molar-refractivity contribution in [2.45, 2.75) is 58.0 Å². The molecule has 0 bridgehead atoms. The molecule has 2 N–H and O–H groups in total. The average Bonchev–Trinajstić information content (AvgIpc) is 2.74. The zero-order valence-electron chi connectivity index (χ0n) is 17.7. The van der Waals surface area contributed by atoms with Crippen molar-refractivity contribution in [3.8, 4) is 5.75 Å². The van der Waals surface area contributed by atoms with E-state index in [1.54, 1.807) is 18.2 Å². The van der Waals surface area contributed by atoms with Gasteiger partial charge in [-0.25, -0.2) is 0 Å². The van der Waals surface area contributed by atoms with E-state index < -0.39 is 6.10 Å². The maximum absolute atomic E-state index is 10.1. The number of ether oxygens (including phenoxy) is 2. The molecule has 0 aliphatic carbocycles. The van der Waals surface area contributed by atoms with Crippen LogP contribution in [0.4, 0.5) is 0 Å². The van der Waals surface area contributed by atoms with Gasteiger partial charge in [-0.3, -0.25) is 0 Å². The van der Waals surface area contributed by atoms with Crippen molar-refractivity contribution in [1.82, 2.24) is 0 Å². The predicted molar refractivity (Wildman–Crippen MR) is 117 cm³/mol. The number of unbranched alkanes of at least 4 members (excludes halogenated alkanes) is 4. The molecule has 2 rings (SSSR count). The molecular formula is C25H36O4. The summed E-state index contributed by atoms with van der Waals surface area (Å²) in [5.41, 5.74) is 2.95. The van der Waals surface area contributed by atoms with Gasteiger partial charge in [-0.05, 0) is 67.9 Å². The molecule has 0 spiro atoms. The number of aliphatic hydroxyl groups excluding tert-OH is 1. The molecule has 0 heterocycles. The Bertz CT molecular complexity index is 672. The van der Waals surface area contributed by atoms with Crippen molar-refractivity contribution in [3.05, 3.63) is 65.2 Å². The van der Waals surface area contributed by atoms with Crippen LogP contribution >= 0.6 is 0 Å². The fourth-order valence-corrected chi connectivity index (χ4v) is 3.22. The van der Waals surface area contributed by atoms with Crippen LogP contribution in [-0.2, 0) is 15.9 Å².